The van der Waals surface area contributed by atoms with Crippen molar-refractivity contribution in [1.82, 2.24) is 4.90 Å². The summed E-state index contributed by atoms with van der Waals surface area (Å²) in [5.74, 6) is 1.95. The van der Waals surface area contributed by atoms with Crippen LogP contribution in [0.25, 0.3) is 0 Å². The van der Waals surface area contributed by atoms with E-state index in [1.165, 1.54) is 5.56 Å². The number of likely N-dealkylation sites (N-methyl/N-ethyl adjacent to an activating group) is 1. The van der Waals surface area contributed by atoms with Crippen molar-refractivity contribution in [3.63, 3.8) is 0 Å². The molecule has 30 heavy (non-hydrogen) atoms. The number of halogens is 1. The topological polar surface area (TPSA) is 48.0 Å². The van der Waals surface area contributed by atoms with Gasteiger partial charge in [-0.2, -0.15) is 0 Å². The highest BCUT2D eigenvalue weighted by molar-refractivity contribution is 14.1. The quantitative estimate of drug-likeness (QED) is 0.420. The number of nitrogens with zero attached hydrogens (tertiary/aromatic N) is 1. The van der Waals surface area contributed by atoms with Crippen molar-refractivity contribution in [2.45, 2.75) is 30.7 Å². The second-order valence-corrected chi connectivity index (χ2v) is 9.19. The number of rotatable bonds is 5. The molecule has 6 heteroatoms. The molecular weight excluding hydrogens is 493 g/mol. The van der Waals surface area contributed by atoms with Gasteiger partial charge in [0.25, 0.3) is 0 Å². The largest absolute Gasteiger partial charge is 0.493 e. The third-order valence-corrected chi connectivity index (χ3v) is 7.15. The van der Waals surface area contributed by atoms with Crippen LogP contribution in [-0.4, -0.2) is 44.7 Å². The molecule has 2 aromatic rings. The average Bonchev–Trinajstić information content (AvgIpc) is 3.11. The average molecular weight is 519 g/mol. The van der Waals surface area contributed by atoms with Crippen molar-refractivity contribution in [3.05, 3.63) is 69.0 Å². The Bertz CT molecular complexity index is 972. The maximum Gasteiger partial charge on any atom is 0.343 e. The Morgan fingerprint density at radius 3 is 2.53 bits per heavy atom. The summed E-state index contributed by atoms with van der Waals surface area (Å²) in [6.07, 6.45) is 4.68. The molecule has 0 radical (unpaired) electrons. The summed E-state index contributed by atoms with van der Waals surface area (Å²) < 4.78 is 17.8. The molecule has 0 saturated carbocycles. The summed E-state index contributed by atoms with van der Waals surface area (Å²) in [5, 5.41) is 0. The SMILES string of the molecule is COc1ccc(C23CC=C(OC(=O)c4ccc(I)cc4)CC2N(C)CC3)cc1OC. The standard InChI is InChI=1S/C24H26INO4/c1-26-13-12-24(17-6-9-20(28-2)21(14-17)29-3)11-10-19(15-22(24)26)30-23(27)16-4-7-18(25)8-5-16/h4-10,14,22H,11-13,15H2,1-3H3. The van der Waals surface area contributed by atoms with Gasteiger partial charge >= 0.3 is 5.97 Å². The Labute approximate surface area is 191 Å². The number of likely N-dealkylation sites (tertiary alicyclic amines) is 1. The number of carbonyl (C=O) groups is 1. The van der Waals surface area contributed by atoms with E-state index in [0.717, 1.165) is 40.2 Å². The monoisotopic (exact) mass is 519 g/mol. The van der Waals surface area contributed by atoms with Gasteiger partial charge in [0.2, 0.25) is 0 Å². The van der Waals surface area contributed by atoms with Crippen LogP contribution in [0.5, 0.6) is 11.5 Å². The van der Waals surface area contributed by atoms with Gasteiger partial charge in [-0.15, -0.1) is 0 Å². The Morgan fingerprint density at radius 2 is 1.83 bits per heavy atom. The van der Waals surface area contributed by atoms with Crippen LogP contribution in [0.4, 0.5) is 0 Å². The van der Waals surface area contributed by atoms with E-state index in [-0.39, 0.29) is 17.4 Å². The molecule has 0 bridgehead atoms. The van der Waals surface area contributed by atoms with Gasteiger partial charge in [0.15, 0.2) is 11.5 Å². The van der Waals surface area contributed by atoms with Crippen molar-refractivity contribution >= 4 is 28.6 Å². The van der Waals surface area contributed by atoms with Crippen molar-refractivity contribution < 1.29 is 19.0 Å². The van der Waals surface area contributed by atoms with Crippen LogP contribution in [0.2, 0.25) is 0 Å². The highest BCUT2D eigenvalue weighted by Crippen LogP contribution is 2.49. The van der Waals surface area contributed by atoms with Gasteiger partial charge < -0.3 is 19.1 Å². The van der Waals surface area contributed by atoms with Crippen LogP contribution in [0, 0.1) is 3.57 Å². The molecule has 2 atom stereocenters. The molecule has 0 aromatic heterocycles. The first-order valence-corrected chi connectivity index (χ1v) is 11.1. The lowest BCUT2D eigenvalue weighted by molar-refractivity contribution is 0.0579. The predicted molar refractivity (Wildman–Crippen MR) is 124 cm³/mol. The number of fused-ring (bicyclic) bond motifs is 1. The fourth-order valence-electron chi connectivity index (χ4n) is 4.73. The maximum atomic E-state index is 12.6. The lowest BCUT2D eigenvalue weighted by Crippen LogP contribution is -2.43. The molecule has 2 aromatic carbocycles. The Kier molecular flexibility index (Phi) is 6.06. The summed E-state index contributed by atoms with van der Waals surface area (Å²) in [4.78, 5) is 15.0. The van der Waals surface area contributed by atoms with E-state index in [1.54, 1.807) is 14.2 Å². The Morgan fingerprint density at radius 1 is 1.10 bits per heavy atom. The van der Waals surface area contributed by atoms with Gasteiger partial charge in [0.05, 0.1) is 19.8 Å². The lowest BCUT2D eigenvalue weighted by atomic mass is 9.68. The highest BCUT2D eigenvalue weighted by atomic mass is 127. The summed E-state index contributed by atoms with van der Waals surface area (Å²) >= 11 is 2.22. The molecule has 2 aliphatic rings. The zero-order valence-electron chi connectivity index (χ0n) is 17.5. The first-order valence-electron chi connectivity index (χ1n) is 10.1. The minimum Gasteiger partial charge on any atom is -0.493 e. The Hall–Kier alpha value is -2.06. The normalized spacial score (nSPS) is 23.5. The second kappa shape index (κ2) is 8.59. The molecule has 4 rings (SSSR count). The number of ether oxygens (including phenoxy) is 3. The molecule has 1 saturated heterocycles. The van der Waals surface area contributed by atoms with Crippen LogP contribution >= 0.6 is 22.6 Å². The minimum absolute atomic E-state index is 0.0208. The van der Waals surface area contributed by atoms with Crippen LogP contribution in [0.1, 0.15) is 35.2 Å². The van der Waals surface area contributed by atoms with Crippen molar-refractivity contribution in [1.29, 1.82) is 0 Å². The molecule has 2 unspecified atom stereocenters. The molecule has 1 heterocycles. The summed E-state index contributed by atoms with van der Waals surface area (Å²) in [6, 6.07) is 13.9. The van der Waals surface area contributed by atoms with Gasteiger partial charge in [0.1, 0.15) is 5.76 Å². The summed E-state index contributed by atoms with van der Waals surface area (Å²) in [5.41, 5.74) is 1.80. The fourth-order valence-corrected chi connectivity index (χ4v) is 5.09. The Balaban J connectivity index is 1.60. The molecular formula is C24H26INO4. The van der Waals surface area contributed by atoms with Gasteiger partial charge in [-0.25, -0.2) is 4.79 Å². The number of esters is 1. The first-order chi connectivity index (χ1) is 14.5. The maximum absolute atomic E-state index is 12.6. The number of allylic oxidation sites excluding steroid dienone is 1. The van der Waals surface area contributed by atoms with Gasteiger partial charge in [0, 0.05) is 21.4 Å². The van der Waals surface area contributed by atoms with Crippen molar-refractivity contribution in [2.75, 3.05) is 27.8 Å². The number of methoxy groups -OCH3 is 2. The van der Waals surface area contributed by atoms with E-state index < -0.39 is 0 Å². The zero-order chi connectivity index (χ0) is 21.3. The van der Waals surface area contributed by atoms with Crippen LogP contribution < -0.4 is 9.47 Å². The van der Waals surface area contributed by atoms with Gasteiger partial charge in [-0.05, 0) is 97.1 Å². The van der Waals surface area contributed by atoms with E-state index >= 15 is 0 Å². The number of hydrogen-bond acceptors (Lipinski definition) is 5. The van der Waals surface area contributed by atoms with Crippen LogP contribution in [-0.2, 0) is 10.2 Å². The predicted octanol–water partition coefficient (Wildman–Crippen LogP) is 4.79. The molecule has 1 aliphatic carbocycles. The second-order valence-electron chi connectivity index (χ2n) is 7.95. The minimum atomic E-state index is -0.295. The summed E-state index contributed by atoms with van der Waals surface area (Å²) in [6.45, 7) is 1.01. The number of hydrogen-bond donors (Lipinski definition) is 0. The molecule has 1 aliphatic heterocycles. The van der Waals surface area contributed by atoms with Gasteiger partial charge in [-0.1, -0.05) is 6.07 Å². The third kappa shape index (κ3) is 3.83. The van der Waals surface area contributed by atoms with E-state index in [9.17, 15) is 4.79 Å². The van der Waals surface area contributed by atoms with E-state index in [1.807, 2.05) is 30.3 Å². The smallest absolute Gasteiger partial charge is 0.343 e. The molecule has 158 valence electrons. The van der Waals surface area contributed by atoms with Crippen LogP contribution in [0.3, 0.4) is 0 Å². The lowest BCUT2D eigenvalue weighted by Gasteiger charge is -2.40. The first kappa shape index (κ1) is 21.2. The fraction of sp³-hybridized carbons (Fsp3) is 0.375. The molecule has 0 spiro atoms. The van der Waals surface area contributed by atoms with Crippen molar-refractivity contribution in [2.24, 2.45) is 0 Å². The third-order valence-electron chi connectivity index (χ3n) is 6.43. The molecule has 5 nitrogen and oxygen atoms in total. The zero-order valence-corrected chi connectivity index (χ0v) is 19.6. The summed E-state index contributed by atoms with van der Waals surface area (Å²) in [7, 11) is 5.47. The van der Waals surface area contributed by atoms with Crippen molar-refractivity contribution in [3.8, 4) is 11.5 Å². The number of benzene rings is 2. The molecule has 0 N–H and O–H groups in total. The number of carbonyl (C=O) groups excluding carboxylic acids is 1. The molecule has 0 amide bonds. The highest BCUT2D eigenvalue weighted by Gasteiger charge is 2.49. The molecule has 1 fully saturated rings. The van der Waals surface area contributed by atoms with Gasteiger partial charge in [-0.3, -0.25) is 0 Å². The van der Waals surface area contributed by atoms with E-state index in [2.05, 4.69) is 52.7 Å². The van der Waals surface area contributed by atoms with E-state index in [0.29, 0.717) is 12.0 Å². The van der Waals surface area contributed by atoms with E-state index in [4.69, 9.17) is 14.2 Å². The van der Waals surface area contributed by atoms with Crippen LogP contribution in [0.15, 0.2) is 54.3 Å².